The first-order valence-electron chi connectivity index (χ1n) is 4.26. The maximum absolute atomic E-state index is 10.9. The summed E-state index contributed by atoms with van der Waals surface area (Å²) in [6.07, 6.45) is 1.53. The monoisotopic (exact) mass is 182 g/mol. The molecule has 1 aromatic heterocycles. The number of rotatable bonds is 3. The summed E-state index contributed by atoms with van der Waals surface area (Å²) < 4.78 is 0. The minimum absolute atomic E-state index is 0.0551. The smallest absolute Gasteiger partial charge is 0.312 e. The van der Waals surface area contributed by atoms with Crippen LogP contribution in [0.15, 0.2) is 6.33 Å². The van der Waals surface area contributed by atoms with Crippen LogP contribution in [0.5, 0.6) is 0 Å². The Morgan fingerprint density at radius 2 is 2.23 bits per heavy atom. The molecule has 4 heteroatoms. The van der Waals surface area contributed by atoms with E-state index in [0.29, 0.717) is 5.69 Å². The van der Waals surface area contributed by atoms with E-state index in [-0.39, 0.29) is 5.92 Å². The van der Waals surface area contributed by atoms with Gasteiger partial charge >= 0.3 is 5.97 Å². The van der Waals surface area contributed by atoms with Gasteiger partial charge in [-0.1, -0.05) is 13.8 Å². The van der Waals surface area contributed by atoms with Crippen LogP contribution in [0, 0.1) is 12.8 Å². The number of imidazole rings is 1. The molecule has 0 saturated carbocycles. The molecule has 1 rings (SSSR count). The Hall–Kier alpha value is -1.32. The molecule has 1 unspecified atom stereocenters. The van der Waals surface area contributed by atoms with Crippen molar-refractivity contribution in [1.29, 1.82) is 0 Å². The second kappa shape index (κ2) is 3.60. The van der Waals surface area contributed by atoms with Gasteiger partial charge < -0.3 is 10.1 Å². The van der Waals surface area contributed by atoms with Crippen molar-refractivity contribution in [2.24, 2.45) is 5.92 Å². The maximum atomic E-state index is 10.9. The van der Waals surface area contributed by atoms with Gasteiger partial charge in [-0.05, 0) is 12.8 Å². The SMILES string of the molecule is Cc1[nH]cnc1C(C(=O)O)C(C)C. The van der Waals surface area contributed by atoms with Crippen molar-refractivity contribution >= 4 is 5.97 Å². The minimum atomic E-state index is -0.815. The van der Waals surface area contributed by atoms with Gasteiger partial charge in [0.25, 0.3) is 0 Å². The van der Waals surface area contributed by atoms with Crippen molar-refractivity contribution in [3.63, 3.8) is 0 Å². The van der Waals surface area contributed by atoms with Crippen molar-refractivity contribution in [2.75, 3.05) is 0 Å². The number of carbonyl (C=O) groups is 1. The van der Waals surface area contributed by atoms with Crippen molar-refractivity contribution < 1.29 is 9.90 Å². The molecule has 1 atom stereocenters. The topological polar surface area (TPSA) is 66.0 Å². The highest BCUT2D eigenvalue weighted by molar-refractivity contribution is 5.76. The summed E-state index contributed by atoms with van der Waals surface area (Å²) in [6.45, 7) is 5.60. The Morgan fingerprint density at radius 1 is 1.62 bits per heavy atom. The van der Waals surface area contributed by atoms with E-state index in [1.165, 1.54) is 6.33 Å². The lowest BCUT2D eigenvalue weighted by Crippen LogP contribution is -2.18. The predicted molar refractivity (Wildman–Crippen MR) is 48.5 cm³/mol. The molecule has 0 spiro atoms. The van der Waals surface area contributed by atoms with Gasteiger partial charge in [-0.3, -0.25) is 4.79 Å². The molecule has 1 heterocycles. The number of hydrogen-bond donors (Lipinski definition) is 2. The van der Waals surface area contributed by atoms with Gasteiger partial charge in [0.05, 0.1) is 12.0 Å². The number of nitrogens with one attached hydrogen (secondary N) is 1. The van der Waals surface area contributed by atoms with Crippen LogP contribution in [0.3, 0.4) is 0 Å². The fourth-order valence-corrected chi connectivity index (χ4v) is 1.40. The molecule has 0 aliphatic rings. The molecule has 13 heavy (non-hydrogen) atoms. The Morgan fingerprint density at radius 3 is 2.54 bits per heavy atom. The Bertz CT molecular complexity index is 304. The average Bonchev–Trinajstić information content (AvgIpc) is 2.35. The van der Waals surface area contributed by atoms with Crippen molar-refractivity contribution in [3.8, 4) is 0 Å². The normalized spacial score (nSPS) is 13.2. The van der Waals surface area contributed by atoms with Crippen LogP contribution in [0.2, 0.25) is 0 Å². The summed E-state index contributed by atoms with van der Waals surface area (Å²) in [5.41, 5.74) is 1.48. The first-order chi connectivity index (χ1) is 6.04. The van der Waals surface area contributed by atoms with Crippen LogP contribution < -0.4 is 0 Å². The molecule has 0 radical (unpaired) electrons. The Balaban J connectivity index is 3.02. The summed E-state index contributed by atoms with van der Waals surface area (Å²) in [5, 5.41) is 8.99. The van der Waals surface area contributed by atoms with Gasteiger partial charge in [-0.25, -0.2) is 4.98 Å². The molecule has 72 valence electrons. The van der Waals surface area contributed by atoms with Crippen molar-refractivity contribution in [3.05, 3.63) is 17.7 Å². The fourth-order valence-electron chi connectivity index (χ4n) is 1.40. The number of carboxylic acid groups (broad SMARTS) is 1. The highest BCUT2D eigenvalue weighted by Gasteiger charge is 2.26. The average molecular weight is 182 g/mol. The van der Waals surface area contributed by atoms with Crippen molar-refractivity contribution in [2.45, 2.75) is 26.7 Å². The zero-order valence-electron chi connectivity index (χ0n) is 8.03. The molecule has 0 aliphatic heterocycles. The van der Waals surface area contributed by atoms with E-state index in [0.717, 1.165) is 5.69 Å². The third kappa shape index (κ3) is 1.88. The van der Waals surface area contributed by atoms with Gasteiger partial charge in [0, 0.05) is 5.69 Å². The lowest BCUT2D eigenvalue weighted by molar-refractivity contribution is -0.140. The van der Waals surface area contributed by atoms with Crippen LogP contribution in [0.1, 0.15) is 31.2 Å². The van der Waals surface area contributed by atoms with Gasteiger partial charge in [0.2, 0.25) is 0 Å². The molecule has 2 N–H and O–H groups in total. The van der Waals surface area contributed by atoms with E-state index in [9.17, 15) is 4.79 Å². The lowest BCUT2D eigenvalue weighted by atomic mass is 9.92. The second-order valence-electron chi connectivity index (χ2n) is 3.47. The lowest BCUT2D eigenvalue weighted by Gasteiger charge is -2.14. The second-order valence-corrected chi connectivity index (χ2v) is 3.47. The number of nitrogens with zero attached hydrogens (tertiary/aromatic N) is 1. The van der Waals surface area contributed by atoms with E-state index in [2.05, 4.69) is 9.97 Å². The highest BCUT2D eigenvalue weighted by Crippen LogP contribution is 2.24. The molecular weight excluding hydrogens is 168 g/mol. The predicted octanol–water partition coefficient (Wildman–Crippen LogP) is 1.54. The molecule has 0 bridgehead atoms. The molecule has 0 aliphatic carbocycles. The Kier molecular flexibility index (Phi) is 2.70. The van der Waals surface area contributed by atoms with Crippen LogP contribution >= 0.6 is 0 Å². The van der Waals surface area contributed by atoms with E-state index in [4.69, 9.17) is 5.11 Å². The van der Waals surface area contributed by atoms with Gasteiger partial charge in [0.1, 0.15) is 5.92 Å². The summed E-state index contributed by atoms with van der Waals surface area (Å²) in [5.74, 6) is -1.27. The maximum Gasteiger partial charge on any atom is 0.312 e. The number of aliphatic carboxylic acids is 1. The number of aromatic amines is 1. The van der Waals surface area contributed by atoms with E-state index in [1.54, 1.807) is 0 Å². The first-order valence-corrected chi connectivity index (χ1v) is 4.26. The number of carboxylic acids is 1. The van der Waals surface area contributed by atoms with E-state index >= 15 is 0 Å². The largest absolute Gasteiger partial charge is 0.481 e. The van der Waals surface area contributed by atoms with Gasteiger partial charge in [0.15, 0.2) is 0 Å². The molecule has 0 fully saturated rings. The molecular formula is C9H14N2O2. The summed E-state index contributed by atoms with van der Waals surface area (Å²) in [4.78, 5) is 17.8. The zero-order chi connectivity index (χ0) is 10.0. The number of aryl methyl sites for hydroxylation is 1. The summed E-state index contributed by atoms with van der Waals surface area (Å²) >= 11 is 0. The molecule has 4 nitrogen and oxygen atoms in total. The standard InChI is InChI=1S/C9H14N2O2/c1-5(2)7(9(12)13)8-6(3)10-4-11-8/h4-5,7H,1-3H3,(H,10,11)(H,12,13). The van der Waals surface area contributed by atoms with Crippen LogP contribution in [0.4, 0.5) is 0 Å². The summed E-state index contributed by atoms with van der Waals surface area (Å²) in [7, 11) is 0. The van der Waals surface area contributed by atoms with Crippen molar-refractivity contribution in [1.82, 2.24) is 9.97 Å². The third-order valence-electron chi connectivity index (χ3n) is 2.10. The fraction of sp³-hybridized carbons (Fsp3) is 0.556. The summed E-state index contributed by atoms with van der Waals surface area (Å²) in [6, 6.07) is 0. The van der Waals surface area contributed by atoms with E-state index < -0.39 is 11.9 Å². The van der Waals surface area contributed by atoms with Gasteiger partial charge in [-0.2, -0.15) is 0 Å². The number of H-pyrrole nitrogens is 1. The zero-order valence-corrected chi connectivity index (χ0v) is 8.03. The molecule has 0 aromatic carbocycles. The number of hydrogen-bond acceptors (Lipinski definition) is 2. The van der Waals surface area contributed by atoms with Crippen LogP contribution in [-0.4, -0.2) is 21.0 Å². The minimum Gasteiger partial charge on any atom is -0.481 e. The molecule has 0 amide bonds. The molecule has 0 saturated heterocycles. The number of aromatic nitrogens is 2. The Labute approximate surface area is 77.0 Å². The highest BCUT2D eigenvalue weighted by atomic mass is 16.4. The quantitative estimate of drug-likeness (QED) is 0.745. The van der Waals surface area contributed by atoms with Gasteiger partial charge in [-0.15, -0.1) is 0 Å². The molecule has 1 aromatic rings. The van der Waals surface area contributed by atoms with E-state index in [1.807, 2.05) is 20.8 Å². The van der Waals surface area contributed by atoms with Crippen LogP contribution in [-0.2, 0) is 4.79 Å². The third-order valence-corrected chi connectivity index (χ3v) is 2.10. The van der Waals surface area contributed by atoms with Crippen LogP contribution in [0.25, 0.3) is 0 Å². The first kappa shape index (κ1) is 9.77.